The fourth-order valence-corrected chi connectivity index (χ4v) is 4.91. The molecular weight excluding hydrogens is 290 g/mol. The van der Waals surface area contributed by atoms with Crippen molar-refractivity contribution in [2.75, 3.05) is 19.0 Å². The average Bonchev–Trinajstić information content (AvgIpc) is 2.95. The average molecular weight is 312 g/mol. The van der Waals surface area contributed by atoms with Gasteiger partial charge >= 0.3 is 0 Å². The number of carbonyl (C=O) groups is 1. The Morgan fingerprint density at radius 2 is 2.30 bits per heavy atom. The van der Waals surface area contributed by atoms with Crippen LogP contribution in [0.2, 0.25) is 0 Å². The van der Waals surface area contributed by atoms with Gasteiger partial charge in [0.2, 0.25) is 5.91 Å². The monoisotopic (exact) mass is 311 g/mol. The molecule has 2 unspecified atom stereocenters. The minimum atomic E-state index is 0.125. The molecular formula is C16H22ClNOS. The molecule has 1 saturated heterocycles. The Morgan fingerprint density at radius 1 is 1.40 bits per heavy atom. The Labute approximate surface area is 130 Å². The molecule has 0 N–H and O–H groups in total. The van der Waals surface area contributed by atoms with Crippen molar-refractivity contribution in [1.29, 1.82) is 0 Å². The van der Waals surface area contributed by atoms with Gasteiger partial charge in [0.15, 0.2) is 0 Å². The molecule has 20 heavy (non-hydrogen) atoms. The summed E-state index contributed by atoms with van der Waals surface area (Å²) < 4.78 is 0. The summed E-state index contributed by atoms with van der Waals surface area (Å²) in [5.41, 5.74) is 1.31. The fraction of sp³-hybridized carbons (Fsp3) is 0.688. The molecule has 110 valence electrons. The Bertz CT molecular complexity index is 471. The van der Waals surface area contributed by atoms with Gasteiger partial charge in [-0.15, -0.1) is 22.9 Å². The van der Waals surface area contributed by atoms with Gasteiger partial charge in [0, 0.05) is 23.8 Å². The zero-order valence-electron chi connectivity index (χ0n) is 11.8. The molecule has 0 saturated carbocycles. The van der Waals surface area contributed by atoms with Gasteiger partial charge in [0.25, 0.3) is 0 Å². The number of likely N-dealkylation sites (tertiary alicyclic amines) is 1. The predicted molar refractivity (Wildman–Crippen MR) is 84.6 cm³/mol. The van der Waals surface area contributed by atoms with Crippen molar-refractivity contribution >= 4 is 28.8 Å². The highest BCUT2D eigenvalue weighted by Gasteiger charge is 2.32. The summed E-state index contributed by atoms with van der Waals surface area (Å²) in [6, 6.07) is 2.17. The molecule has 2 atom stereocenters. The summed E-state index contributed by atoms with van der Waals surface area (Å²) in [5, 5.41) is 2.14. The van der Waals surface area contributed by atoms with Crippen molar-refractivity contribution in [1.82, 2.24) is 4.90 Å². The lowest BCUT2D eigenvalue weighted by Gasteiger charge is -2.36. The van der Waals surface area contributed by atoms with Crippen molar-refractivity contribution in [2.45, 2.75) is 44.4 Å². The van der Waals surface area contributed by atoms with Crippen LogP contribution in [-0.4, -0.2) is 29.8 Å². The lowest BCUT2D eigenvalue weighted by molar-refractivity contribution is -0.135. The molecule has 1 amide bonds. The second-order valence-electron chi connectivity index (χ2n) is 6.01. The highest BCUT2D eigenvalue weighted by molar-refractivity contribution is 7.10. The molecule has 1 aliphatic carbocycles. The van der Waals surface area contributed by atoms with Crippen LogP contribution in [0.5, 0.6) is 0 Å². The van der Waals surface area contributed by atoms with Crippen LogP contribution in [0.25, 0.3) is 0 Å². The maximum Gasteiger partial charge on any atom is 0.230 e. The van der Waals surface area contributed by atoms with E-state index in [1.54, 1.807) is 0 Å². The van der Waals surface area contributed by atoms with Gasteiger partial charge in [-0.3, -0.25) is 4.79 Å². The Kier molecular flexibility index (Phi) is 4.67. The number of amides is 1. The summed E-state index contributed by atoms with van der Waals surface area (Å²) in [6.07, 6.45) is 6.74. The molecule has 1 aromatic heterocycles. The largest absolute Gasteiger partial charge is 0.342 e. The van der Waals surface area contributed by atoms with Crippen LogP contribution < -0.4 is 0 Å². The third-order valence-corrected chi connectivity index (χ3v) is 5.91. The topological polar surface area (TPSA) is 20.3 Å². The molecule has 0 bridgehead atoms. The number of fused-ring (bicyclic) bond motifs is 1. The first-order chi connectivity index (χ1) is 9.79. The maximum absolute atomic E-state index is 12.9. The lowest BCUT2D eigenvalue weighted by atomic mass is 9.85. The van der Waals surface area contributed by atoms with Gasteiger partial charge < -0.3 is 4.90 Å². The van der Waals surface area contributed by atoms with Crippen LogP contribution in [0.3, 0.4) is 0 Å². The molecule has 1 aliphatic heterocycles. The van der Waals surface area contributed by atoms with Gasteiger partial charge in [-0.1, -0.05) is 0 Å². The molecule has 1 aromatic rings. The molecule has 0 aromatic carbocycles. The van der Waals surface area contributed by atoms with Crippen molar-refractivity contribution in [3.05, 3.63) is 21.9 Å². The molecule has 0 radical (unpaired) electrons. The zero-order chi connectivity index (χ0) is 13.9. The van der Waals surface area contributed by atoms with E-state index in [2.05, 4.69) is 16.3 Å². The van der Waals surface area contributed by atoms with E-state index >= 15 is 0 Å². The SMILES string of the molecule is O=C(C1CCCc2sccc21)N1CCCC(CCCl)C1. The van der Waals surface area contributed by atoms with E-state index in [0.29, 0.717) is 17.7 Å². The van der Waals surface area contributed by atoms with Gasteiger partial charge in [0.1, 0.15) is 0 Å². The molecule has 4 heteroatoms. The highest BCUT2D eigenvalue weighted by atomic mass is 35.5. The van der Waals surface area contributed by atoms with Crippen LogP contribution in [0.4, 0.5) is 0 Å². The lowest BCUT2D eigenvalue weighted by Crippen LogP contribution is -2.43. The first-order valence-electron chi connectivity index (χ1n) is 7.70. The van der Waals surface area contributed by atoms with Crippen LogP contribution in [0.1, 0.15) is 48.5 Å². The summed E-state index contributed by atoms with van der Waals surface area (Å²) in [5.74, 6) is 1.81. The maximum atomic E-state index is 12.9. The number of hydrogen-bond acceptors (Lipinski definition) is 2. The first-order valence-corrected chi connectivity index (χ1v) is 9.12. The number of thiophene rings is 1. The standard InChI is InChI=1S/C16H22ClNOS/c17-8-6-12-3-2-9-18(11-12)16(19)14-4-1-5-15-13(14)7-10-20-15/h7,10,12,14H,1-6,8-9,11H2. The second-order valence-corrected chi connectivity index (χ2v) is 7.39. The quantitative estimate of drug-likeness (QED) is 0.772. The van der Waals surface area contributed by atoms with E-state index in [0.717, 1.165) is 45.2 Å². The Morgan fingerprint density at radius 3 is 3.15 bits per heavy atom. The van der Waals surface area contributed by atoms with E-state index in [-0.39, 0.29) is 5.92 Å². The third-order valence-electron chi connectivity index (χ3n) is 4.70. The van der Waals surface area contributed by atoms with Gasteiger partial charge in [-0.05, 0) is 61.5 Å². The number of hydrogen-bond donors (Lipinski definition) is 0. The summed E-state index contributed by atoms with van der Waals surface area (Å²) in [7, 11) is 0. The number of alkyl halides is 1. The zero-order valence-corrected chi connectivity index (χ0v) is 13.4. The molecule has 3 rings (SSSR count). The van der Waals surface area contributed by atoms with E-state index in [1.165, 1.54) is 16.9 Å². The fourth-order valence-electron chi connectivity index (χ4n) is 3.62. The summed E-state index contributed by atoms with van der Waals surface area (Å²) >= 11 is 7.67. The summed E-state index contributed by atoms with van der Waals surface area (Å²) in [6.45, 7) is 1.86. The Balaban J connectivity index is 1.70. The van der Waals surface area contributed by atoms with Crippen molar-refractivity contribution in [3.63, 3.8) is 0 Å². The third kappa shape index (κ3) is 2.89. The van der Waals surface area contributed by atoms with Gasteiger partial charge in [-0.25, -0.2) is 0 Å². The smallest absolute Gasteiger partial charge is 0.230 e. The van der Waals surface area contributed by atoms with Gasteiger partial charge in [-0.2, -0.15) is 0 Å². The van der Waals surface area contributed by atoms with E-state index in [4.69, 9.17) is 11.6 Å². The number of nitrogens with zero attached hydrogens (tertiary/aromatic N) is 1. The van der Waals surface area contributed by atoms with Crippen LogP contribution in [0, 0.1) is 5.92 Å². The number of halogens is 1. The van der Waals surface area contributed by atoms with E-state index in [9.17, 15) is 4.79 Å². The van der Waals surface area contributed by atoms with Crippen LogP contribution >= 0.6 is 22.9 Å². The first kappa shape index (κ1) is 14.4. The predicted octanol–water partition coefficient (Wildman–Crippen LogP) is 4.04. The number of piperidine rings is 1. The minimum Gasteiger partial charge on any atom is -0.342 e. The Hall–Kier alpha value is -0.540. The van der Waals surface area contributed by atoms with E-state index in [1.807, 2.05) is 11.3 Å². The molecule has 1 fully saturated rings. The summed E-state index contributed by atoms with van der Waals surface area (Å²) in [4.78, 5) is 16.4. The van der Waals surface area contributed by atoms with Crippen LogP contribution in [0.15, 0.2) is 11.4 Å². The molecule has 2 aliphatic rings. The number of rotatable bonds is 3. The number of carbonyl (C=O) groups excluding carboxylic acids is 1. The minimum absolute atomic E-state index is 0.125. The van der Waals surface area contributed by atoms with E-state index < -0.39 is 0 Å². The van der Waals surface area contributed by atoms with Gasteiger partial charge in [0.05, 0.1) is 5.92 Å². The van der Waals surface area contributed by atoms with Crippen molar-refractivity contribution < 1.29 is 4.79 Å². The molecule has 2 heterocycles. The number of aryl methyl sites for hydroxylation is 1. The molecule has 2 nitrogen and oxygen atoms in total. The normalized spacial score (nSPS) is 26.4. The highest BCUT2D eigenvalue weighted by Crippen LogP contribution is 2.36. The second kappa shape index (κ2) is 6.48. The van der Waals surface area contributed by atoms with Crippen molar-refractivity contribution in [3.8, 4) is 0 Å². The van der Waals surface area contributed by atoms with Crippen molar-refractivity contribution in [2.24, 2.45) is 5.92 Å². The van der Waals surface area contributed by atoms with Crippen LogP contribution in [-0.2, 0) is 11.2 Å². The molecule has 0 spiro atoms.